The van der Waals surface area contributed by atoms with Crippen LogP contribution in [0.25, 0.3) is 33.1 Å². The van der Waals surface area contributed by atoms with Gasteiger partial charge in [0.25, 0.3) is 5.69 Å². The lowest BCUT2D eigenvalue weighted by Gasteiger charge is -2.03. The molecule has 2 heterocycles. The number of H-pyrrole nitrogens is 2. The molecule has 7 heteroatoms. The molecule has 25 heavy (non-hydrogen) atoms. The first-order valence-electron chi connectivity index (χ1n) is 7.54. The maximum Gasteiger partial charge on any atom is 0.270 e. The predicted molar refractivity (Wildman–Crippen MR) is 98.3 cm³/mol. The summed E-state index contributed by atoms with van der Waals surface area (Å²) in [4.78, 5) is 28.3. The van der Waals surface area contributed by atoms with E-state index in [1.54, 1.807) is 12.1 Å². The molecule has 124 valence electrons. The summed E-state index contributed by atoms with van der Waals surface area (Å²) in [6.45, 7) is 1.92. The molecule has 0 atom stereocenters. The molecule has 2 aromatic carbocycles. The zero-order valence-corrected chi connectivity index (χ0v) is 13.8. The number of aromatic amines is 2. The van der Waals surface area contributed by atoms with Gasteiger partial charge in [-0.2, -0.15) is 0 Å². The first-order valence-corrected chi connectivity index (χ1v) is 7.92. The third-order valence-electron chi connectivity index (χ3n) is 4.32. The van der Waals surface area contributed by atoms with Crippen LogP contribution in [-0.4, -0.2) is 14.9 Å². The van der Waals surface area contributed by atoms with Gasteiger partial charge in [-0.3, -0.25) is 14.9 Å². The molecule has 0 fully saturated rings. The van der Waals surface area contributed by atoms with E-state index in [4.69, 9.17) is 11.6 Å². The Hall–Kier alpha value is -3.12. The summed E-state index contributed by atoms with van der Waals surface area (Å²) >= 11 is 6.31. The number of aromatic nitrogens is 2. The number of benzene rings is 2. The molecule has 0 aliphatic rings. The van der Waals surface area contributed by atoms with Gasteiger partial charge >= 0.3 is 0 Å². The summed E-state index contributed by atoms with van der Waals surface area (Å²) in [6.07, 6.45) is 0. The van der Waals surface area contributed by atoms with Gasteiger partial charge in [-0.15, -0.1) is 0 Å². The summed E-state index contributed by atoms with van der Waals surface area (Å²) in [5.41, 5.74) is 3.69. The minimum absolute atomic E-state index is 0.0303. The fraction of sp³-hybridized carbons (Fsp3) is 0.0556. The van der Waals surface area contributed by atoms with Crippen molar-refractivity contribution < 1.29 is 4.92 Å². The Morgan fingerprint density at radius 1 is 1.04 bits per heavy atom. The molecule has 2 N–H and O–H groups in total. The van der Waals surface area contributed by atoms with Crippen LogP contribution in [0.15, 0.2) is 47.3 Å². The molecule has 0 radical (unpaired) electrons. The van der Waals surface area contributed by atoms with Crippen molar-refractivity contribution in [1.82, 2.24) is 9.97 Å². The fourth-order valence-electron chi connectivity index (χ4n) is 3.22. The Balaban J connectivity index is 2.06. The van der Waals surface area contributed by atoms with Gasteiger partial charge in [0.1, 0.15) is 0 Å². The molecule has 0 saturated carbocycles. The number of hydrogen-bond acceptors (Lipinski definition) is 3. The van der Waals surface area contributed by atoms with Gasteiger partial charge in [0, 0.05) is 45.7 Å². The number of non-ortho nitro benzene ring substituents is 1. The van der Waals surface area contributed by atoms with Crippen molar-refractivity contribution in [2.24, 2.45) is 0 Å². The summed E-state index contributed by atoms with van der Waals surface area (Å²) in [5.74, 6) is 0. The van der Waals surface area contributed by atoms with Gasteiger partial charge in [-0.25, -0.2) is 0 Å². The van der Waals surface area contributed by atoms with Crippen molar-refractivity contribution in [2.45, 2.75) is 6.92 Å². The lowest BCUT2D eigenvalue weighted by molar-refractivity contribution is -0.384. The summed E-state index contributed by atoms with van der Waals surface area (Å²) in [5, 5.41) is 13.1. The third-order valence-corrected chi connectivity index (χ3v) is 4.61. The van der Waals surface area contributed by atoms with Crippen LogP contribution in [0.3, 0.4) is 0 Å². The second kappa shape index (κ2) is 5.46. The molecule has 6 nitrogen and oxygen atoms in total. The van der Waals surface area contributed by atoms with E-state index in [0.29, 0.717) is 10.5 Å². The number of hydrogen-bond donors (Lipinski definition) is 2. The summed E-state index contributed by atoms with van der Waals surface area (Å²) in [6, 6.07) is 11.5. The van der Waals surface area contributed by atoms with Crippen LogP contribution in [0.4, 0.5) is 5.69 Å². The topological polar surface area (TPSA) is 91.8 Å². The van der Waals surface area contributed by atoms with Gasteiger partial charge in [-0.05, 0) is 24.6 Å². The Kier molecular flexibility index (Phi) is 3.36. The number of nitro groups is 1. The molecular weight excluding hydrogens is 342 g/mol. The number of rotatable bonds is 2. The average molecular weight is 354 g/mol. The predicted octanol–water partition coefficient (Wildman–Crippen LogP) is 4.55. The smallest absolute Gasteiger partial charge is 0.270 e. The van der Waals surface area contributed by atoms with Crippen molar-refractivity contribution in [3.8, 4) is 11.3 Å². The first kappa shape index (κ1) is 15.4. The summed E-state index contributed by atoms with van der Waals surface area (Å²) in [7, 11) is 0. The normalized spacial score (nSPS) is 11.3. The molecule has 0 unspecified atom stereocenters. The van der Waals surface area contributed by atoms with Gasteiger partial charge in [0.15, 0.2) is 0 Å². The van der Waals surface area contributed by atoms with E-state index >= 15 is 0 Å². The number of nitrogens with one attached hydrogen (secondary N) is 2. The number of nitrogens with zero attached hydrogens (tertiary/aromatic N) is 1. The zero-order valence-electron chi connectivity index (χ0n) is 13.1. The van der Waals surface area contributed by atoms with Gasteiger partial charge in [0.05, 0.1) is 15.5 Å². The quantitative estimate of drug-likeness (QED) is 0.409. The minimum atomic E-state index is -0.418. The van der Waals surface area contributed by atoms with Crippen LogP contribution in [0.1, 0.15) is 5.56 Å². The Morgan fingerprint density at radius 2 is 1.76 bits per heavy atom. The number of aryl methyl sites for hydroxylation is 1. The van der Waals surface area contributed by atoms with Gasteiger partial charge in [-0.1, -0.05) is 23.7 Å². The maximum absolute atomic E-state index is 11.6. The van der Waals surface area contributed by atoms with Crippen LogP contribution in [0.2, 0.25) is 5.02 Å². The minimum Gasteiger partial charge on any atom is -0.354 e. The van der Waals surface area contributed by atoms with Crippen LogP contribution >= 0.6 is 11.6 Å². The maximum atomic E-state index is 11.6. The second-order valence-electron chi connectivity index (χ2n) is 5.82. The van der Waals surface area contributed by atoms with E-state index in [-0.39, 0.29) is 11.2 Å². The van der Waals surface area contributed by atoms with E-state index in [9.17, 15) is 14.9 Å². The average Bonchev–Trinajstić information content (AvgIpc) is 2.91. The molecule has 0 spiro atoms. The Labute approximate surface area is 146 Å². The second-order valence-corrected chi connectivity index (χ2v) is 6.23. The molecule has 2 aromatic heterocycles. The molecule has 0 aliphatic heterocycles. The van der Waals surface area contributed by atoms with E-state index in [0.717, 1.165) is 33.1 Å². The first-order chi connectivity index (χ1) is 12.0. The van der Waals surface area contributed by atoms with Crippen LogP contribution in [-0.2, 0) is 0 Å². The highest BCUT2D eigenvalue weighted by atomic mass is 35.5. The number of pyridine rings is 1. The van der Waals surface area contributed by atoms with Crippen molar-refractivity contribution in [3.63, 3.8) is 0 Å². The number of halogens is 1. The molecule has 0 bridgehead atoms. The highest BCUT2D eigenvalue weighted by Crippen LogP contribution is 2.37. The van der Waals surface area contributed by atoms with Crippen LogP contribution < -0.4 is 5.56 Å². The molecule has 0 amide bonds. The van der Waals surface area contributed by atoms with Crippen LogP contribution in [0, 0.1) is 17.0 Å². The monoisotopic (exact) mass is 353 g/mol. The molecule has 0 saturated heterocycles. The lowest BCUT2D eigenvalue weighted by Crippen LogP contribution is -2.03. The van der Waals surface area contributed by atoms with E-state index in [1.165, 1.54) is 18.2 Å². The van der Waals surface area contributed by atoms with Crippen LogP contribution in [0.5, 0.6) is 0 Å². The standard InChI is InChI=1S/C18H12ClN3O3/c1-9-16-13(5-6-14-17(16)12(19)8-15(23)20-14)21-18(9)10-3-2-4-11(7-10)22(24)25/h2-8,21H,1H3,(H,20,23). The van der Waals surface area contributed by atoms with Crippen molar-refractivity contribution >= 4 is 39.1 Å². The van der Waals surface area contributed by atoms with Crippen molar-refractivity contribution in [3.05, 3.63) is 73.5 Å². The van der Waals surface area contributed by atoms with Gasteiger partial charge in [0.2, 0.25) is 5.56 Å². The zero-order chi connectivity index (χ0) is 17.7. The molecule has 4 aromatic rings. The lowest BCUT2D eigenvalue weighted by atomic mass is 10.0. The van der Waals surface area contributed by atoms with Crippen molar-refractivity contribution in [2.75, 3.05) is 0 Å². The fourth-order valence-corrected chi connectivity index (χ4v) is 3.52. The third kappa shape index (κ3) is 2.38. The SMILES string of the molecule is Cc1c(-c2cccc([N+](=O)[O-])c2)[nH]c2ccc3[nH]c(=O)cc(Cl)c3c12. The number of fused-ring (bicyclic) bond motifs is 3. The largest absolute Gasteiger partial charge is 0.354 e. The highest BCUT2D eigenvalue weighted by Gasteiger charge is 2.16. The number of nitro benzene ring substituents is 1. The van der Waals surface area contributed by atoms with Crippen molar-refractivity contribution in [1.29, 1.82) is 0 Å². The van der Waals surface area contributed by atoms with E-state index in [2.05, 4.69) is 9.97 Å². The molecular formula is C18H12ClN3O3. The Morgan fingerprint density at radius 3 is 2.48 bits per heavy atom. The summed E-state index contributed by atoms with van der Waals surface area (Å²) < 4.78 is 0. The highest BCUT2D eigenvalue weighted by molar-refractivity contribution is 6.37. The molecule has 4 rings (SSSR count). The van der Waals surface area contributed by atoms with Gasteiger partial charge < -0.3 is 9.97 Å². The Bertz CT molecular complexity index is 1220. The van der Waals surface area contributed by atoms with E-state index < -0.39 is 4.92 Å². The van der Waals surface area contributed by atoms with E-state index in [1.807, 2.05) is 19.1 Å². The molecule has 0 aliphatic carbocycles.